The summed E-state index contributed by atoms with van der Waals surface area (Å²) < 4.78 is 25.4. The molecule has 1 amide bonds. The fourth-order valence-electron chi connectivity index (χ4n) is 3.65. The second-order valence-corrected chi connectivity index (χ2v) is 9.01. The van der Waals surface area contributed by atoms with Crippen molar-refractivity contribution >= 4 is 15.9 Å². The first-order chi connectivity index (χ1) is 10.9. The summed E-state index contributed by atoms with van der Waals surface area (Å²) in [6.45, 7) is 5.86. The molecule has 1 saturated heterocycles. The van der Waals surface area contributed by atoms with Gasteiger partial charge in [-0.1, -0.05) is 19.3 Å². The molecule has 7 heteroatoms. The van der Waals surface area contributed by atoms with E-state index < -0.39 is 10.0 Å². The standard InChI is InChI=1S/C16H31N3O3S/c1-4-23(21,22)19-12-10-18(11-13-19)14(2)16(20)17(3)15-8-6-5-7-9-15/h14-15H,4-13H2,1-3H3. The molecule has 1 saturated carbocycles. The summed E-state index contributed by atoms with van der Waals surface area (Å²) in [6.07, 6.45) is 5.92. The molecule has 0 aromatic rings. The number of hydrogen-bond donors (Lipinski definition) is 0. The summed E-state index contributed by atoms with van der Waals surface area (Å²) in [5.41, 5.74) is 0. The van der Waals surface area contributed by atoms with Gasteiger partial charge in [0.05, 0.1) is 11.8 Å². The summed E-state index contributed by atoms with van der Waals surface area (Å²) in [5.74, 6) is 0.315. The zero-order valence-electron chi connectivity index (χ0n) is 14.7. The van der Waals surface area contributed by atoms with Crippen LogP contribution in [0.4, 0.5) is 0 Å². The van der Waals surface area contributed by atoms with Crippen LogP contribution in [0.2, 0.25) is 0 Å². The van der Waals surface area contributed by atoms with Crippen molar-refractivity contribution in [3.05, 3.63) is 0 Å². The molecule has 2 fully saturated rings. The molecule has 0 aromatic carbocycles. The van der Waals surface area contributed by atoms with Crippen molar-refractivity contribution in [2.45, 2.75) is 58.0 Å². The van der Waals surface area contributed by atoms with Gasteiger partial charge >= 0.3 is 0 Å². The minimum atomic E-state index is -3.11. The Morgan fingerprint density at radius 3 is 2.22 bits per heavy atom. The maximum absolute atomic E-state index is 12.7. The zero-order chi connectivity index (χ0) is 17.0. The van der Waals surface area contributed by atoms with Crippen LogP contribution in [0, 0.1) is 0 Å². The highest BCUT2D eigenvalue weighted by Gasteiger charge is 2.32. The fourth-order valence-corrected chi connectivity index (χ4v) is 4.74. The molecule has 0 bridgehead atoms. The van der Waals surface area contributed by atoms with Crippen molar-refractivity contribution in [1.82, 2.24) is 14.1 Å². The van der Waals surface area contributed by atoms with Crippen molar-refractivity contribution in [3.8, 4) is 0 Å². The van der Waals surface area contributed by atoms with Gasteiger partial charge < -0.3 is 4.90 Å². The molecule has 0 aromatic heterocycles. The maximum Gasteiger partial charge on any atom is 0.239 e. The van der Waals surface area contributed by atoms with E-state index in [-0.39, 0.29) is 17.7 Å². The van der Waals surface area contributed by atoms with E-state index in [9.17, 15) is 13.2 Å². The van der Waals surface area contributed by atoms with Gasteiger partial charge in [-0.3, -0.25) is 9.69 Å². The van der Waals surface area contributed by atoms with Gasteiger partial charge in [0, 0.05) is 39.3 Å². The highest BCUT2D eigenvalue weighted by molar-refractivity contribution is 7.89. The van der Waals surface area contributed by atoms with E-state index >= 15 is 0 Å². The van der Waals surface area contributed by atoms with Crippen molar-refractivity contribution in [2.75, 3.05) is 39.0 Å². The fraction of sp³-hybridized carbons (Fsp3) is 0.938. The van der Waals surface area contributed by atoms with Gasteiger partial charge in [0.15, 0.2) is 0 Å². The largest absolute Gasteiger partial charge is 0.341 e. The SMILES string of the molecule is CCS(=O)(=O)N1CCN(C(C)C(=O)N(C)C2CCCCC2)CC1. The van der Waals surface area contributed by atoms with Crippen LogP contribution in [0.5, 0.6) is 0 Å². The Labute approximate surface area is 140 Å². The number of rotatable bonds is 5. The molecule has 0 spiro atoms. The van der Waals surface area contributed by atoms with Gasteiger partial charge in [-0.2, -0.15) is 4.31 Å². The lowest BCUT2D eigenvalue weighted by molar-refractivity contribution is -0.138. The summed E-state index contributed by atoms with van der Waals surface area (Å²) in [6, 6.07) is 0.203. The normalized spacial score (nSPS) is 23.6. The van der Waals surface area contributed by atoms with Crippen molar-refractivity contribution < 1.29 is 13.2 Å². The molecule has 1 aliphatic carbocycles. The Hall–Kier alpha value is -0.660. The molecule has 0 radical (unpaired) electrons. The Bertz CT molecular complexity index is 495. The predicted octanol–water partition coefficient (Wildman–Crippen LogP) is 1.13. The van der Waals surface area contributed by atoms with Gasteiger partial charge in [-0.15, -0.1) is 0 Å². The first kappa shape index (κ1) is 18.7. The van der Waals surface area contributed by atoms with Crippen LogP contribution in [-0.4, -0.2) is 79.5 Å². The van der Waals surface area contributed by atoms with E-state index in [1.807, 2.05) is 18.9 Å². The lowest BCUT2D eigenvalue weighted by Gasteiger charge is -2.39. The summed E-state index contributed by atoms with van der Waals surface area (Å²) in [4.78, 5) is 16.8. The minimum Gasteiger partial charge on any atom is -0.341 e. The Balaban J connectivity index is 1.88. The summed E-state index contributed by atoms with van der Waals surface area (Å²) in [5, 5.41) is 0. The van der Waals surface area contributed by atoms with E-state index in [1.165, 1.54) is 19.3 Å². The molecule has 1 atom stereocenters. The number of likely N-dealkylation sites (N-methyl/N-ethyl adjacent to an activating group) is 1. The van der Waals surface area contributed by atoms with Gasteiger partial charge in [-0.05, 0) is 26.7 Å². The summed E-state index contributed by atoms with van der Waals surface area (Å²) in [7, 11) is -1.19. The first-order valence-corrected chi connectivity index (χ1v) is 10.5. The number of amides is 1. The number of carbonyl (C=O) groups excluding carboxylic acids is 1. The molecule has 2 rings (SSSR count). The minimum absolute atomic E-state index is 0.145. The highest BCUT2D eigenvalue weighted by Crippen LogP contribution is 2.23. The monoisotopic (exact) mass is 345 g/mol. The van der Waals surface area contributed by atoms with E-state index in [2.05, 4.69) is 4.90 Å². The van der Waals surface area contributed by atoms with Crippen LogP contribution >= 0.6 is 0 Å². The van der Waals surface area contributed by atoms with Crippen molar-refractivity contribution in [3.63, 3.8) is 0 Å². The third-order valence-electron chi connectivity index (χ3n) is 5.41. The zero-order valence-corrected chi connectivity index (χ0v) is 15.5. The van der Waals surface area contributed by atoms with E-state index in [0.717, 1.165) is 12.8 Å². The smallest absolute Gasteiger partial charge is 0.239 e. The predicted molar refractivity (Wildman–Crippen MR) is 91.7 cm³/mol. The molecule has 1 heterocycles. The van der Waals surface area contributed by atoms with Gasteiger partial charge in [-0.25, -0.2) is 8.42 Å². The molecular weight excluding hydrogens is 314 g/mol. The molecule has 0 N–H and O–H groups in total. The molecule has 1 unspecified atom stereocenters. The van der Waals surface area contributed by atoms with E-state index in [4.69, 9.17) is 0 Å². The average Bonchev–Trinajstić information content (AvgIpc) is 2.60. The number of carbonyl (C=O) groups is 1. The van der Waals surface area contributed by atoms with Gasteiger partial charge in [0.2, 0.25) is 15.9 Å². The van der Waals surface area contributed by atoms with Crippen LogP contribution in [0.3, 0.4) is 0 Å². The van der Waals surface area contributed by atoms with Crippen LogP contribution in [-0.2, 0) is 14.8 Å². The van der Waals surface area contributed by atoms with Gasteiger partial charge in [0.1, 0.15) is 0 Å². The number of nitrogens with zero attached hydrogens (tertiary/aromatic N) is 3. The molecule has 134 valence electrons. The first-order valence-electron chi connectivity index (χ1n) is 8.85. The van der Waals surface area contributed by atoms with Crippen molar-refractivity contribution in [2.24, 2.45) is 0 Å². The van der Waals surface area contributed by atoms with Gasteiger partial charge in [0.25, 0.3) is 0 Å². The third kappa shape index (κ3) is 4.45. The van der Waals surface area contributed by atoms with E-state index in [0.29, 0.717) is 32.2 Å². The van der Waals surface area contributed by atoms with Crippen LogP contribution in [0.1, 0.15) is 46.0 Å². The molecule has 6 nitrogen and oxygen atoms in total. The van der Waals surface area contributed by atoms with Crippen molar-refractivity contribution in [1.29, 1.82) is 0 Å². The quantitative estimate of drug-likeness (QED) is 0.749. The Morgan fingerprint density at radius 1 is 1.13 bits per heavy atom. The molecule has 2 aliphatic rings. The Morgan fingerprint density at radius 2 is 1.70 bits per heavy atom. The highest BCUT2D eigenvalue weighted by atomic mass is 32.2. The van der Waals surface area contributed by atoms with E-state index in [1.54, 1.807) is 11.2 Å². The molecule has 1 aliphatic heterocycles. The van der Waals surface area contributed by atoms with Crippen LogP contribution in [0.15, 0.2) is 0 Å². The second-order valence-electron chi connectivity index (χ2n) is 6.75. The molecular formula is C16H31N3O3S. The molecule has 23 heavy (non-hydrogen) atoms. The average molecular weight is 346 g/mol. The number of hydrogen-bond acceptors (Lipinski definition) is 4. The topological polar surface area (TPSA) is 60.9 Å². The maximum atomic E-state index is 12.7. The number of sulfonamides is 1. The van der Waals surface area contributed by atoms with Crippen LogP contribution in [0.25, 0.3) is 0 Å². The third-order valence-corrected chi connectivity index (χ3v) is 7.29. The summed E-state index contributed by atoms with van der Waals surface area (Å²) >= 11 is 0. The lowest BCUT2D eigenvalue weighted by atomic mass is 9.94. The number of piperazine rings is 1. The Kier molecular flexibility index (Phi) is 6.45. The van der Waals surface area contributed by atoms with Crippen LogP contribution < -0.4 is 0 Å². The lowest BCUT2D eigenvalue weighted by Crippen LogP contribution is -2.56. The second kappa shape index (κ2) is 7.94.